The average molecular weight is 637 g/mol. The standard InChI is InChI=1S/C37H49O7P/c1-28(2)27-45(38)44-36-35(41-25-31-19-11-5-12-20-31)34(40-24-30-17-9-4-10-18-30)33(26-39-23-29-15-7-3-8-16-29)43-37(36)42-32-21-13-6-14-22-32/h3-5,7-12,15-20,28,32-37,45H,6,13-14,21-27H2,1-2H3/t33-,34-,35+,36-,37+/m1/s1. The highest BCUT2D eigenvalue weighted by atomic mass is 31.1. The third-order valence-corrected chi connectivity index (χ3v) is 9.96. The molecule has 0 bridgehead atoms. The SMILES string of the molecule is CC(C)C[PH](=O)O[C@H]1[C@@H](OC2CCCCC2)O[C@H](COCc2ccccc2)[C@@H](OCc2ccccc2)[C@@H]1OCc1ccccc1. The monoisotopic (exact) mass is 636 g/mol. The molecule has 3 aromatic carbocycles. The van der Waals surface area contributed by atoms with Crippen molar-refractivity contribution in [3.8, 4) is 0 Å². The normalized spacial score (nSPS) is 24.9. The van der Waals surface area contributed by atoms with Gasteiger partial charge in [0.25, 0.3) is 0 Å². The van der Waals surface area contributed by atoms with E-state index in [9.17, 15) is 4.57 Å². The second-order valence-electron chi connectivity index (χ2n) is 12.5. The molecule has 0 N–H and O–H groups in total. The molecule has 7 nitrogen and oxygen atoms in total. The third-order valence-electron chi connectivity index (χ3n) is 8.28. The van der Waals surface area contributed by atoms with E-state index in [4.69, 9.17) is 28.2 Å². The lowest BCUT2D eigenvalue weighted by atomic mass is 9.96. The summed E-state index contributed by atoms with van der Waals surface area (Å²) in [5.74, 6) is 0.228. The molecule has 45 heavy (non-hydrogen) atoms. The summed E-state index contributed by atoms with van der Waals surface area (Å²) in [5, 5.41) is 0. The Kier molecular flexibility index (Phi) is 13.7. The Hall–Kier alpha value is -2.35. The van der Waals surface area contributed by atoms with Gasteiger partial charge in [-0.25, -0.2) is 0 Å². The van der Waals surface area contributed by atoms with E-state index in [-0.39, 0.29) is 18.6 Å². The fourth-order valence-electron chi connectivity index (χ4n) is 5.96. The topological polar surface area (TPSA) is 72.5 Å². The van der Waals surface area contributed by atoms with Crippen molar-refractivity contribution < 1.29 is 32.8 Å². The van der Waals surface area contributed by atoms with E-state index in [1.54, 1.807) is 0 Å². The molecule has 0 radical (unpaired) electrons. The van der Waals surface area contributed by atoms with Crippen LogP contribution in [0.5, 0.6) is 0 Å². The number of rotatable bonds is 16. The molecular weight excluding hydrogens is 587 g/mol. The maximum atomic E-state index is 13.4. The van der Waals surface area contributed by atoms with Gasteiger partial charge in [-0.15, -0.1) is 0 Å². The first-order chi connectivity index (χ1) is 22.0. The van der Waals surface area contributed by atoms with Gasteiger partial charge in [-0.05, 0) is 35.4 Å². The van der Waals surface area contributed by atoms with Gasteiger partial charge < -0.3 is 28.2 Å². The maximum absolute atomic E-state index is 13.4. The highest BCUT2D eigenvalue weighted by Gasteiger charge is 2.50. The highest BCUT2D eigenvalue weighted by molar-refractivity contribution is 7.39. The highest BCUT2D eigenvalue weighted by Crippen LogP contribution is 2.38. The zero-order chi connectivity index (χ0) is 31.3. The number of benzene rings is 3. The van der Waals surface area contributed by atoms with Crippen molar-refractivity contribution >= 4 is 8.03 Å². The minimum Gasteiger partial charge on any atom is -0.374 e. The minimum atomic E-state index is -2.41. The van der Waals surface area contributed by atoms with Gasteiger partial charge in [-0.2, -0.15) is 0 Å². The van der Waals surface area contributed by atoms with E-state index in [0.717, 1.165) is 42.4 Å². The van der Waals surface area contributed by atoms with E-state index < -0.39 is 38.7 Å². The molecule has 5 rings (SSSR count). The van der Waals surface area contributed by atoms with Crippen LogP contribution in [0, 0.1) is 5.92 Å². The van der Waals surface area contributed by atoms with E-state index in [1.165, 1.54) is 6.42 Å². The molecule has 8 heteroatoms. The first kappa shape index (κ1) is 34.0. The molecule has 1 heterocycles. The Morgan fingerprint density at radius 2 is 1.24 bits per heavy atom. The molecule has 0 aromatic heterocycles. The molecule has 3 aromatic rings. The lowest BCUT2D eigenvalue weighted by Crippen LogP contribution is -2.62. The zero-order valence-corrected chi connectivity index (χ0v) is 27.6. The molecule has 0 spiro atoms. The zero-order valence-electron chi connectivity index (χ0n) is 26.6. The average Bonchev–Trinajstić information content (AvgIpc) is 3.06. The van der Waals surface area contributed by atoms with Crippen LogP contribution >= 0.6 is 8.03 Å². The second-order valence-corrected chi connectivity index (χ2v) is 13.9. The Bertz CT molecular complexity index is 1250. The lowest BCUT2D eigenvalue weighted by molar-refractivity contribution is -0.323. The van der Waals surface area contributed by atoms with Gasteiger partial charge in [0.1, 0.15) is 24.4 Å². The Morgan fingerprint density at radius 3 is 1.80 bits per heavy atom. The molecule has 0 amide bonds. The van der Waals surface area contributed by atoms with Crippen LogP contribution in [0.3, 0.4) is 0 Å². The van der Waals surface area contributed by atoms with Crippen LogP contribution in [0.25, 0.3) is 0 Å². The summed E-state index contributed by atoms with van der Waals surface area (Å²) < 4.78 is 52.8. The first-order valence-electron chi connectivity index (χ1n) is 16.5. The van der Waals surface area contributed by atoms with Gasteiger partial charge in [0, 0.05) is 6.16 Å². The number of hydrogen-bond acceptors (Lipinski definition) is 7. The van der Waals surface area contributed by atoms with Crippen molar-refractivity contribution in [2.75, 3.05) is 12.8 Å². The molecule has 1 saturated heterocycles. The second kappa shape index (κ2) is 18.1. The van der Waals surface area contributed by atoms with Gasteiger partial charge in [0.15, 0.2) is 14.3 Å². The van der Waals surface area contributed by atoms with E-state index in [1.807, 2.05) is 91.0 Å². The fraction of sp³-hybridized carbons (Fsp3) is 0.514. The van der Waals surface area contributed by atoms with E-state index >= 15 is 0 Å². The van der Waals surface area contributed by atoms with Gasteiger partial charge in [-0.1, -0.05) is 124 Å². The predicted octanol–water partition coefficient (Wildman–Crippen LogP) is 7.96. The summed E-state index contributed by atoms with van der Waals surface area (Å²) in [5.41, 5.74) is 3.14. The van der Waals surface area contributed by atoms with E-state index in [0.29, 0.717) is 26.0 Å². The summed E-state index contributed by atoms with van der Waals surface area (Å²) in [6.45, 7) is 5.52. The first-order valence-corrected chi connectivity index (χ1v) is 18.0. The van der Waals surface area contributed by atoms with Crippen LogP contribution in [0.1, 0.15) is 62.6 Å². The molecule has 1 aliphatic heterocycles. The van der Waals surface area contributed by atoms with Crippen LogP contribution in [0.4, 0.5) is 0 Å². The summed E-state index contributed by atoms with van der Waals surface area (Å²) >= 11 is 0. The summed E-state index contributed by atoms with van der Waals surface area (Å²) in [7, 11) is -2.41. The molecule has 6 atom stereocenters. The van der Waals surface area contributed by atoms with Crippen molar-refractivity contribution in [3.05, 3.63) is 108 Å². The molecule has 244 valence electrons. The fourth-order valence-corrected chi connectivity index (χ4v) is 7.27. The molecule has 1 aliphatic carbocycles. The van der Waals surface area contributed by atoms with Crippen molar-refractivity contribution in [1.82, 2.24) is 0 Å². The molecular formula is C37H49O7P. The van der Waals surface area contributed by atoms with Crippen LogP contribution in [0.2, 0.25) is 0 Å². The van der Waals surface area contributed by atoms with Crippen LogP contribution in [-0.4, -0.2) is 49.6 Å². The molecule has 2 aliphatic rings. The van der Waals surface area contributed by atoms with Crippen molar-refractivity contribution in [2.45, 2.75) is 103 Å². The molecule has 1 unspecified atom stereocenters. The van der Waals surface area contributed by atoms with Crippen molar-refractivity contribution in [3.63, 3.8) is 0 Å². The summed E-state index contributed by atoms with van der Waals surface area (Å²) in [4.78, 5) is 0. The third kappa shape index (κ3) is 10.9. The van der Waals surface area contributed by atoms with Gasteiger partial charge in [0.2, 0.25) is 0 Å². The Morgan fingerprint density at radius 1 is 0.711 bits per heavy atom. The van der Waals surface area contributed by atoms with Gasteiger partial charge >= 0.3 is 0 Å². The summed E-state index contributed by atoms with van der Waals surface area (Å²) in [6, 6.07) is 30.2. The number of hydrogen-bond donors (Lipinski definition) is 0. The number of ether oxygens (including phenoxy) is 5. The largest absolute Gasteiger partial charge is 0.374 e. The predicted molar refractivity (Wildman–Crippen MR) is 176 cm³/mol. The van der Waals surface area contributed by atoms with Crippen LogP contribution < -0.4 is 0 Å². The van der Waals surface area contributed by atoms with Crippen LogP contribution in [0.15, 0.2) is 91.0 Å². The van der Waals surface area contributed by atoms with Crippen molar-refractivity contribution in [2.24, 2.45) is 5.92 Å². The lowest BCUT2D eigenvalue weighted by Gasteiger charge is -2.46. The Balaban J connectivity index is 1.44. The smallest absolute Gasteiger partial charge is 0.192 e. The summed E-state index contributed by atoms with van der Waals surface area (Å²) in [6.07, 6.45) is 2.73. The van der Waals surface area contributed by atoms with Gasteiger partial charge in [-0.3, -0.25) is 4.57 Å². The quantitative estimate of drug-likeness (QED) is 0.148. The minimum absolute atomic E-state index is 0.0460. The maximum Gasteiger partial charge on any atom is 0.192 e. The molecule has 2 fully saturated rings. The van der Waals surface area contributed by atoms with E-state index in [2.05, 4.69) is 13.8 Å². The Labute approximate surface area is 269 Å². The molecule has 1 saturated carbocycles. The van der Waals surface area contributed by atoms with Crippen molar-refractivity contribution in [1.29, 1.82) is 0 Å². The van der Waals surface area contributed by atoms with Crippen LogP contribution in [-0.2, 0) is 52.6 Å². The van der Waals surface area contributed by atoms with Gasteiger partial charge in [0.05, 0.1) is 32.5 Å².